The molecule has 2 aromatic rings. The van der Waals surface area contributed by atoms with Crippen molar-refractivity contribution in [2.24, 2.45) is 5.16 Å². The molecule has 4 heteroatoms. The lowest BCUT2D eigenvalue weighted by Crippen LogP contribution is -2.44. The predicted octanol–water partition coefficient (Wildman–Crippen LogP) is 4.50. The fourth-order valence-electron chi connectivity index (χ4n) is 3.54. The second kappa shape index (κ2) is 6.58. The summed E-state index contributed by atoms with van der Waals surface area (Å²) in [6, 6.07) is 18.5. The first-order valence-electron chi connectivity index (χ1n) is 8.50. The van der Waals surface area contributed by atoms with Crippen LogP contribution in [0.5, 0.6) is 0 Å². The monoisotopic (exact) mass is 340 g/mol. The Balaban J connectivity index is 1.34. The van der Waals surface area contributed by atoms with E-state index in [4.69, 9.17) is 16.4 Å². The van der Waals surface area contributed by atoms with Gasteiger partial charge in [0.15, 0.2) is 0 Å². The molecule has 4 rings (SSSR count). The highest BCUT2D eigenvalue weighted by Crippen LogP contribution is 2.36. The van der Waals surface area contributed by atoms with Crippen LogP contribution < -0.4 is 0 Å². The van der Waals surface area contributed by atoms with Gasteiger partial charge in [-0.3, -0.25) is 4.90 Å². The lowest BCUT2D eigenvalue weighted by Gasteiger charge is -2.37. The molecule has 3 nitrogen and oxygen atoms in total. The number of hydrogen-bond acceptors (Lipinski definition) is 3. The van der Waals surface area contributed by atoms with Crippen LogP contribution in [-0.2, 0) is 11.4 Å². The van der Waals surface area contributed by atoms with Crippen LogP contribution in [0.25, 0.3) is 0 Å². The number of hydrogen-bond donors (Lipinski definition) is 0. The van der Waals surface area contributed by atoms with Crippen LogP contribution in [0.15, 0.2) is 59.8 Å². The fraction of sp³-hybridized carbons (Fsp3) is 0.350. The van der Waals surface area contributed by atoms with E-state index in [0.717, 1.165) is 49.6 Å². The molecule has 1 fully saturated rings. The highest BCUT2D eigenvalue weighted by molar-refractivity contribution is 6.30. The molecular weight excluding hydrogens is 320 g/mol. The summed E-state index contributed by atoms with van der Waals surface area (Å²) in [6.45, 7) is 3.06. The van der Waals surface area contributed by atoms with Crippen molar-refractivity contribution in [2.75, 3.05) is 13.1 Å². The fourth-order valence-corrected chi connectivity index (χ4v) is 3.67. The zero-order valence-electron chi connectivity index (χ0n) is 13.6. The van der Waals surface area contributed by atoms with Crippen LogP contribution in [0.1, 0.15) is 30.4 Å². The normalized spacial score (nSPS) is 20.0. The topological polar surface area (TPSA) is 24.8 Å². The maximum absolute atomic E-state index is 5.96. The van der Waals surface area contributed by atoms with Crippen LogP contribution in [0.2, 0.25) is 5.02 Å². The lowest BCUT2D eigenvalue weighted by atomic mass is 9.85. The van der Waals surface area contributed by atoms with Gasteiger partial charge in [0.1, 0.15) is 5.60 Å². The lowest BCUT2D eigenvalue weighted by molar-refractivity contribution is -0.0627. The van der Waals surface area contributed by atoms with Gasteiger partial charge >= 0.3 is 0 Å². The van der Waals surface area contributed by atoms with Crippen molar-refractivity contribution >= 4 is 17.3 Å². The molecule has 0 aliphatic carbocycles. The summed E-state index contributed by atoms with van der Waals surface area (Å²) >= 11 is 5.96. The molecule has 1 saturated heterocycles. The average molecular weight is 341 g/mol. The van der Waals surface area contributed by atoms with E-state index in [1.807, 2.05) is 18.2 Å². The molecule has 0 bridgehead atoms. The Hall–Kier alpha value is -1.84. The molecule has 0 aromatic heterocycles. The molecule has 0 radical (unpaired) electrons. The molecule has 2 heterocycles. The number of oxime groups is 1. The van der Waals surface area contributed by atoms with Crippen LogP contribution >= 0.6 is 11.6 Å². The quantitative estimate of drug-likeness (QED) is 0.821. The van der Waals surface area contributed by atoms with Gasteiger partial charge in [0.25, 0.3) is 0 Å². The molecule has 0 unspecified atom stereocenters. The summed E-state index contributed by atoms with van der Waals surface area (Å²) in [5, 5.41) is 5.18. The van der Waals surface area contributed by atoms with Crippen LogP contribution in [0, 0.1) is 0 Å². The molecule has 2 aliphatic rings. The van der Waals surface area contributed by atoms with Crippen LogP contribution in [-0.4, -0.2) is 29.3 Å². The first kappa shape index (κ1) is 15.7. The van der Waals surface area contributed by atoms with Gasteiger partial charge in [0, 0.05) is 43.9 Å². The highest BCUT2D eigenvalue weighted by atomic mass is 35.5. The summed E-state index contributed by atoms with van der Waals surface area (Å²) in [5.74, 6) is 0. The molecule has 0 atom stereocenters. The number of rotatable bonds is 3. The molecule has 0 saturated carbocycles. The molecule has 124 valence electrons. The van der Waals surface area contributed by atoms with Crippen LogP contribution in [0.3, 0.4) is 0 Å². The van der Waals surface area contributed by atoms with Crippen molar-refractivity contribution in [3.05, 3.63) is 70.7 Å². The summed E-state index contributed by atoms with van der Waals surface area (Å²) in [7, 11) is 0. The Kier molecular flexibility index (Phi) is 4.30. The third-order valence-electron chi connectivity index (χ3n) is 5.03. The van der Waals surface area contributed by atoms with Gasteiger partial charge in [-0.1, -0.05) is 59.2 Å². The minimum Gasteiger partial charge on any atom is -0.388 e. The van der Waals surface area contributed by atoms with E-state index >= 15 is 0 Å². The Morgan fingerprint density at radius 2 is 1.71 bits per heavy atom. The van der Waals surface area contributed by atoms with Crippen molar-refractivity contribution in [3.8, 4) is 0 Å². The molecule has 0 amide bonds. The zero-order chi connectivity index (χ0) is 16.4. The number of halogens is 1. The van der Waals surface area contributed by atoms with Gasteiger partial charge in [-0.05, 0) is 23.3 Å². The number of benzene rings is 2. The van der Waals surface area contributed by atoms with Gasteiger partial charge in [-0.25, -0.2) is 0 Å². The van der Waals surface area contributed by atoms with Crippen molar-refractivity contribution in [1.29, 1.82) is 0 Å². The number of piperidine rings is 1. The third-order valence-corrected chi connectivity index (χ3v) is 5.28. The van der Waals surface area contributed by atoms with E-state index in [1.54, 1.807) is 0 Å². The molecule has 1 spiro atoms. The van der Waals surface area contributed by atoms with E-state index in [2.05, 4.69) is 46.5 Å². The van der Waals surface area contributed by atoms with Gasteiger partial charge in [0.2, 0.25) is 0 Å². The molecular formula is C20H21ClN2O. The summed E-state index contributed by atoms with van der Waals surface area (Å²) in [5.41, 5.74) is 3.48. The second-order valence-corrected chi connectivity index (χ2v) is 7.19. The Labute approximate surface area is 147 Å². The SMILES string of the molecule is Clc1ccc(CN2CCC3(CC2)CC(c2ccccc2)=NO3)cc1. The second-order valence-electron chi connectivity index (χ2n) is 6.76. The first-order valence-corrected chi connectivity index (χ1v) is 8.88. The minimum atomic E-state index is -0.0956. The predicted molar refractivity (Wildman–Crippen MR) is 97.4 cm³/mol. The standard InChI is InChI=1S/C20H21ClN2O/c21-18-8-6-16(7-9-18)15-23-12-10-20(11-13-23)14-19(22-24-20)17-4-2-1-3-5-17/h1-9H,10-15H2. The van der Waals surface area contributed by atoms with Gasteiger partial charge in [0.05, 0.1) is 5.71 Å². The minimum absolute atomic E-state index is 0.0956. The first-order chi connectivity index (χ1) is 11.7. The third kappa shape index (κ3) is 3.33. The number of likely N-dealkylation sites (tertiary alicyclic amines) is 1. The van der Waals surface area contributed by atoms with E-state index < -0.39 is 0 Å². The van der Waals surface area contributed by atoms with Crippen molar-refractivity contribution in [3.63, 3.8) is 0 Å². The van der Waals surface area contributed by atoms with Crippen LogP contribution in [0.4, 0.5) is 0 Å². The maximum Gasteiger partial charge on any atom is 0.145 e. The highest BCUT2D eigenvalue weighted by Gasteiger charge is 2.42. The maximum atomic E-state index is 5.96. The van der Waals surface area contributed by atoms with Crippen molar-refractivity contribution < 1.29 is 4.84 Å². The van der Waals surface area contributed by atoms with Crippen molar-refractivity contribution in [1.82, 2.24) is 4.90 Å². The van der Waals surface area contributed by atoms with E-state index in [-0.39, 0.29) is 5.60 Å². The molecule has 0 N–H and O–H groups in total. The average Bonchev–Trinajstić information content (AvgIpc) is 3.04. The zero-order valence-corrected chi connectivity index (χ0v) is 14.4. The van der Waals surface area contributed by atoms with Crippen molar-refractivity contribution in [2.45, 2.75) is 31.4 Å². The summed E-state index contributed by atoms with van der Waals surface area (Å²) in [4.78, 5) is 8.39. The van der Waals surface area contributed by atoms with E-state index in [9.17, 15) is 0 Å². The Morgan fingerprint density at radius 3 is 2.42 bits per heavy atom. The van der Waals surface area contributed by atoms with Gasteiger partial charge in [-0.15, -0.1) is 0 Å². The Morgan fingerprint density at radius 1 is 1.00 bits per heavy atom. The van der Waals surface area contributed by atoms with E-state index in [0.29, 0.717) is 0 Å². The number of nitrogens with zero attached hydrogens (tertiary/aromatic N) is 2. The smallest absolute Gasteiger partial charge is 0.145 e. The van der Waals surface area contributed by atoms with Gasteiger partial charge in [-0.2, -0.15) is 0 Å². The van der Waals surface area contributed by atoms with E-state index in [1.165, 1.54) is 11.1 Å². The summed E-state index contributed by atoms with van der Waals surface area (Å²) in [6.07, 6.45) is 2.98. The summed E-state index contributed by atoms with van der Waals surface area (Å²) < 4.78 is 0. The Bertz CT molecular complexity index is 719. The van der Waals surface area contributed by atoms with Gasteiger partial charge < -0.3 is 4.84 Å². The largest absolute Gasteiger partial charge is 0.388 e. The molecule has 24 heavy (non-hydrogen) atoms. The molecule has 2 aromatic carbocycles. The molecule has 2 aliphatic heterocycles.